The Labute approximate surface area is 140 Å². The van der Waals surface area contributed by atoms with Gasteiger partial charge in [-0.1, -0.05) is 15.9 Å². The average Bonchev–Trinajstić information content (AvgIpc) is 2.36. The van der Waals surface area contributed by atoms with Crippen LogP contribution >= 0.6 is 40.1 Å². The van der Waals surface area contributed by atoms with Crippen LogP contribution in [0, 0.1) is 0 Å². The van der Waals surface area contributed by atoms with Crippen LogP contribution in [-0.2, 0) is 4.79 Å². The van der Waals surface area contributed by atoms with Crippen molar-refractivity contribution in [2.24, 2.45) is 0 Å². The molecule has 0 aliphatic rings. The van der Waals surface area contributed by atoms with Crippen LogP contribution in [0.2, 0.25) is 0 Å². The van der Waals surface area contributed by atoms with Crippen molar-refractivity contribution in [2.45, 2.75) is 29.9 Å². The molecule has 1 aromatic carbocycles. The number of nitrogens with one attached hydrogen (secondary N) is 2. The van der Waals surface area contributed by atoms with Crippen molar-refractivity contribution in [3.8, 4) is 0 Å². The molecule has 1 amide bonds. The second kappa shape index (κ2) is 9.66. The van der Waals surface area contributed by atoms with Gasteiger partial charge in [-0.05, 0) is 45.2 Å². The van der Waals surface area contributed by atoms with Crippen molar-refractivity contribution in [3.63, 3.8) is 0 Å². The van der Waals surface area contributed by atoms with E-state index < -0.39 is 0 Å². The summed E-state index contributed by atoms with van der Waals surface area (Å²) < 4.78 is 1.05. The van der Waals surface area contributed by atoms with E-state index in [9.17, 15) is 4.79 Å². The third-order valence-electron chi connectivity index (χ3n) is 2.52. The lowest BCUT2D eigenvalue weighted by atomic mass is 10.2. The van der Waals surface area contributed by atoms with Crippen molar-refractivity contribution in [1.29, 1.82) is 0 Å². The van der Waals surface area contributed by atoms with Crippen molar-refractivity contribution >= 4 is 46.0 Å². The monoisotopic (exact) mass is 380 g/mol. The molecule has 0 heterocycles. The molecular weight excluding hydrogens is 360 g/mol. The Morgan fingerprint density at radius 1 is 1.30 bits per heavy atom. The Kier molecular flexibility index (Phi) is 9.55. The second-order valence-corrected chi connectivity index (χ2v) is 7.64. The minimum atomic E-state index is -0.0247. The van der Waals surface area contributed by atoms with Crippen LogP contribution in [0.1, 0.15) is 20.3 Å². The van der Waals surface area contributed by atoms with Crippen LogP contribution in [0.5, 0.6) is 0 Å². The molecule has 0 aliphatic heterocycles. The number of carbonyl (C=O) groups excluding carboxylic acids is 1. The minimum Gasteiger partial charge on any atom is -0.355 e. The first-order valence-corrected chi connectivity index (χ1v) is 7.90. The lowest BCUT2D eigenvalue weighted by molar-refractivity contribution is -0.121. The molecule has 2 N–H and O–H groups in total. The third-order valence-corrected chi connectivity index (χ3v) is 4.25. The predicted octanol–water partition coefficient (Wildman–Crippen LogP) is 3.47. The fourth-order valence-electron chi connectivity index (χ4n) is 1.50. The summed E-state index contributed by atoms with van der Waals surface area (Å²) >= 11 is 5.20. The molecular formula is C14H22BrClN2OS. The Bertz CT molecular complexity index is 412. The highest BCUT2D eigenvalue weighted by atomic mass is 79.9. The molecule has 0 saturated heterocycles. The van der Waals surface area contributed by atoms with Crippen LogP contribution < -0.4 is 10.6 Å². The normalized spacial score (nSPS) is 10.8. The van der Waals surface area contributed by atoms with E-state index in [0.717, 1.165) is 4.47 Å². The fraction of sp³-hybridized carbons (Fsp3) is 0.500. The Hall–Kier alpha value is -0.230. The number of hydrogen-bond acceptors (Lipinski definition) is 3. The van der Waals surface area contributed by atoms with Gasteiger partial charge in [-0.2, -0.15) is 0 Å². The first-order chi connectivity index (χ1) is 8.93. The van der Waals surface area contributed by atoms with E-state index in [1.165, 1.54) is 4.90 Å². The van der Waals surface area contributed by atoms with E-state index in [1.807, 2.05) is 19.2 Å². The number of thioether (sulfide) groups is 1. The smallest absolute Gasteiger partial charge is 0.221 e. The molecule has 1 aromatic rings. The zero-order valence-corrected chi connectivity index (χ0v) is 15.3. The molecule has 0 bridgehead atoms. The second-order valence-electron chi connectivity index (χ2n) is 4.95. The molecule has 3 nitrogen and oxygen atoms in total. The summed E-state index contributed by atoms with van der Waals surface area (Å²) in [7, 11) is 1.85. The van der Waals surface area contributed by atoms with E-state index in [1.54, 1.807) is 11.8 Å². The molecule has 0 aromatic heterocycles. The van der Waals surface area contributed by atoms with Crippen molar-refractivity contribution in [3.05, 3.63) is 28.7 Å². The standard InChI is InChI=1S/C14H21BrN2OS.ClH/c1-14(2,10-17-13(18)8-9-16-3)19-12-6-4-11(15)5-7-12;/h4-7,16H,8-10H2,1-3H3,(H,17,18);1H. The van der Waals surface area contributed by atoms with Gasteiger partial charge in [0.25, 0.3) is 0 Å². The van der Waals surface area contributed by atoms with Gasteiger partial charge in [-0.3, -0.25) is 4.79 Å². The Morgan fingerprint density at radius 2 is 1.90 bits per heavy atom. The quantitative estimate of drug-likeness (QED) is 0.711. The molecule has 6 heteroatoms. The third kappa shape index (κ3) is 8.15. The molecule has 1 rings (SSSR count). The van der Waals surface area contributed by atoms with Gasteiger partial charge in [0.1, 0.15) is 0 Å². The lowest BCUT2D eigenvalue weighted by Crippen LogP contribution is -2.37. The highest BCUT2D eigenvalue weighted by Gasteiger charge is 2.20. The van der Waals surface area contributed by atoms with E-state index in [2.05, 4.69) is 52.5 Å². The van der Waals surface area contributed by atoms with Crippen molar-refractivity contribution < 1.29 is 4.79 Å². The van der Waals surface area contributed by atoms with Crippen LogP contribution in [0.25, 0.3) is 0 Å². The first kappa shape index (κ1) is 19.8. The number of benzene rings is 1. The lowest BCUT2D eigenvalue weighted by Gasteiger charge is -2.24. The van der Waals surface area contributed by atoms with E-state index in [-0.39, 0.29) is 23.1 Å². The maximum Gasteiger partial charge on any atom is 0.221 e. The van der Waals surface area contributed by atoms with Crippen LogP contribution in [0.4, 0.5) is 0 Å². The first-order valence-electron chi connectivity index (χ1n) is 6.29. The topological polar surface area (TPSA) is 41.1 Å². The summed E-state index contributed by atoms with van der Waals surface area (Å²) in [5, 5.41) is 5.95. The van der Waals surface area contributed by atoms with E-state index in [4.69, 9.17) is 0 Å². The SMILES string of the molecule is CNCCC(=O)NCC(C)(C)Sc1ccc(Br)cc1.Cl. The van der Waals surface area contributed by atoms with Crippen LogP contribution in [-0.4, -0.2) is 30.8 Å². The zero-order valence-electron chi connectivity index (χ0n) is 12.0. The Balaban J connectivity index is 0.00000361. The summed E-state index contributed by atoms with van der Waals surface area (Å²) in [5.41, 5.74) is 0. The minimum absolute atomic E-state index is 0. The highest BCUT2D eigenvalue weighted by molar-refractivity contribution is 9.10. The molecule has 0 radical (unpaired) electrons. The summed E-state index contributed by atoms with van der Waals surface area (Å²) in [5.74, 6) is 0.0961. The van der Waals surface area contributed by atoms with Gasteiger partial charge in [0.05, 0.1) is 0 Å². The number of amides is 1. The van der Waals surface area contributed by atoms with Gasteiger partial charge in [-0.15, -0.1) is 24.2 Å². The molecule has 20 heavy (non-hydrogen) atoms. The van der Waals surface area contributed by atoms with Gasteiger partial charge in [-0.25, -0.2) is 0 Å². The summed E-state index contributed by atoms with van der Waals surface area (Å²) in [6.45, 7) is 5.65. The largest absolute Gasteiger partial charge is 0.355 e. The van der Waals surface area contributed by atoms with Crippen molar-refractivity contribution in [2.75, 3.05) is 20.1 Å². The van der Waals surface area contributed by atoms with Crippen molar-refractivity contribution in [1.82, 2.24) is 10.6 Å². The van der Waals surface area contributed by atoms with E-state index >= 15 is 0 Å². The van der Waals surface area contributed by atoms with Crippen LogP contribution in [0.15, 0.2) is 33.6 Å². The van der Waals surface area contributed by atoms with Gasteiger partial charge >= 0.3 is 0 Å². The molecule has 0 saturated carbocycles. The number of halogens is 2. The highest BCUT2D eigenvalue weighted by Crippen LogP contribution is 2.32. The van der Waals surface area contributed by atoms with Crippen LogP contribution in [0.3, 0.4) is 0 Å². The maximum atomic E-state index is 11.6. The number of carbonyl (C=O) groups is 1. The average molecular weight is 382 g/mol. The van der Waals surface area contributed by atoms with Gasteiger partial charge in [0, 0.05) is 33.6 Å². The fourth-order valence-corrected chi connectivity index (χ4v) is 2.82. The Morgan fingerprint density at radius 3 is 2.45 bits per heavy atom. The molecule has 0 fully saturated rings. The summed E-state index contributed by atoms with van der Waals surface area (Å²) in [4.78, 5) is 12.8. The summed E-state index contributed by atoms with van der Waals surface area (Å²) in [6, 6.07) is 8.23. The molecule has 0 spiro atoms. The van der Waals surface area contributed by atoms with Gasteiger partial charge in [0.15, 0.2) is 0 Å². The van der Waals surface area contributed by atoms with E-state index in [0.29, 0.717) is 19.5 Å². The van der Waals surface area contributed by atoms with Gasteiger partial charge in [0.2, 0.25) is 5.91 Å². The molecule has 114 valence electrons. The number of hydrogen-bond donors (Lipinski definition) is 2. The zero-order chi connectivity index (χ0) is 14.3. The predicted molar refractivity (Wildman–Crippen MR) is 92.9 cm³/mol. The molecule has 0 atom stereocenters. The number of rotatable bonds is 7. The maximum absolute atomic E-state index is 11.6. The molecule has 0 unspecified atom stereocenters. The van der Waals surface area contributed by atoms with Gasteiger partial charge < -0.3 is 10.6 Å². The summed E-state index contributed by atoms with van der Waals surface area (Å²) in [6.07, 6.45) is 0.523. The molecule has 0 aliphatic carbocycles.